The van der Waals surface area contributed by atoms with Crippen LogP contribution in [0.3, 0.4) is 0 Å². The number of methoxy groups -OCH3 is 1. The summed E-state index contributed by atoms with van der Waals surface area (Å²) in [5.74, 6) is -0.545. The molecule has 8 nitrogen and oxygen atoms in total. The Balaban J connectivity index is 1.83. The van der Waals surface area contributed by atoms with Crippen LogP contribution in [0.15, 0.2) is 83.6 Å². The van der Waals surface area contributed by atoms with E-state index in [2.05, 4.69) is 15.8 Å². The second kappa shape index (κ2) is 11.3. The van der Waals surface area contributed by atoms with Gasteiger partial charge in [-0.25, -0.2) is 5.43 Å². The molecule has 0 saturated carbocycles. The van der Waals surface area contributed by atoms with E-state index in [1.54, 1.807) is 48.5 Å². The molecule has 0 fully saturated rings. The third kappa shape index (κ3) is 6.46. The highest BCUT2D eigenvalue weighted by molar-refractivity contribution is 6.05. The van der Waals surface area contributed by atoms with Crippen LogP contribution in [0.5, 0.6) is 11.5 Å². The van der Waals surface area contributed by atoms with Crippen LogP contribution in [0.25, 0.3) is 6.08 Å². The molecule has 0 aliphatic heterocycles. The standard InChI is InChI=1S/C26H26N4O4/c1-30(2)21-11-9-18(10-12-21)15-23(28-25(32)19-7-5-4-6-8-19)26(33)29-27-17-20-16-22(34-3)13-14-24(20)31/h4-17,31H,1-3H3,(H,28,32)(H,29,33). The van der Waals surface area contributed by atoms with Crippen molar-refractivity contribution in [2.24, 2.45) is 5.10 Å². The highest BCUT2D eigenvalue weighted by Crippen LogP contribution is 2.21. The summed E-state index contributed by atoms with van der Waals surface area (Å²) in [5.41, 5.74) is 4.89. The predicted octanol–water partition coefficient (Wildman–Crippen LogP) is 3.39. The lowest BCUT2D eigenvalue weighted by atomic mass is 10.1. The van der Waals surface area contributed by atoms with Crippen LogP contribution in [0.1, 0.15) is 21.5 Å². The van der Waals surface area contributed by atoms with Crippen LogP contribution >= 0.6 is 0 Å². The monoisotopic (exact) mass is 458 g/mol. The molecular formula is C26H26N4O4. The number of hydrogen-bond acceptors (Lipinski definition) is 6. The van der Waals surface area contributed by atoms with Crippen molar-refractivity contribution in [1.29, 1.82) is 0 Å². The van der Waals surface area contributed by atoms with E-state index in [1.165, 1.54) is 19.4 Å². The van der Waals surface area contributed by atoms with Gasteiger partial charge in [0.05, 0.1) is 13.3 Å². The molecule has 0 aromatic heterocycles. The third-order valence-corrected chi connectivity index (χ3v) is 4.85. The Morgan fingerprint density at radius 2 is 1.71 bits per heavy atom. The van der Waals surface area contributed by atoms with Gasteiger partial charge in [-0.15, -0.1) is 0 Å². The summed E-state index contributed by atoms with van der Waals surface area (Å²) in [6, 6.07) is 20.7. The van der Waals surface area contributed by atoms with Crippen LogP contribution in [-0.4, -0.2) is 44.3 Å². The molecule has 0 heterocycles. The largest absolute Gasteiger partial charge is 0.507 e. The third-order valence-electron chi connectivity index (χ3n) is 4.85. The van der Waals surface area contributed by atoms with E-state index >= 15 is 0 Å². The zero-order valence-electron chi connectivity index (χ0n) is 19.1. The number of hydrogen-bond donors (Lipinski definition) is 3. The molecule has 0 saturated heterocycles. The maximum Gasteiger partial charge on any atom is 0.287 e. The Morgan fingerprint density at radius 1 is 1.00 bits per heavy atom. The number of nitrogens with zero attached hydrogens (tertiary/aromatic N) is 2. The molecule has 0 bridgehead atoms. The van der Waals surface area contributed by atoms with E-state index in [0.29, 0.717) is 16.9 Å². The van der Waals surface area contributed by atoms with E-state index in [-0.39, 0.29) is 11.4 Å². The van der Waals surface area contributed by atoms with Crippen LogP contribution in [0.4, 0.5) is 5.69 Å². The molecule has 3 aromatic rings. The lowest BCUT2D eigenvalue weighted by molar-refractivity contribution is -0.117. The Bertz CT molecular complexity index is 1200. The number of rotatable bonds is 8. The fraction of sp³-hybridized carbons (Fsp3) is 0.115. The maximum atomic E-state index is 12.9. The van der Waals surface area contributed by atoms with Gasteiger partial charge in [-0.2, -0.15) is 5.10 Å². The lowest BCUT2D eigenvalue weighted by Crippen LogP contribution is -2.32. The number of benzene rings is 3. The van der Waals surface area contributed by atoms with Crippen molar-refractivity contribution in [1.82, 2.24) is 10.7 Å². The van der Waals surface area contributed by atoms with Crippen LogP contribution < -0.4 is 20.4 Å². The van der Waals surface area contributed by atoms with Gasteiger partial charge < -0.3 is 20.1 Å². The molecular weight excluding hydrogens is 432 g/mol. The normalized spacial score (nSPS) is 11.2. The second-order valence-corrected chi connectivity index (χ2v) is 7.49. The summed E-state index contributed by atoms with van der Waals surface area (Å²) in [5, 5.41) is 16.5. The van der Waals surface area contributed by atoms with Crippen molar-refractivity contribution in [3.63, 3.8) is 0 Å². The van der Waals surface area contributed by atoms with Crippen molar-refractivity contribution in [3.05, 3.63) is 95.2 Å². The lowest BCUT2D eigenvalue weighted by Gasteiger charge is -2.12. The minimum atomic E-state index is -0.625. The first kappa shape index (κ1) is 24.1. The van der Waals surface area contributed by atoms with Gasteiger partial charge in [0, 0.05) is 30.9 Å². The first-order valence-electron chi connectivity index (χ1n) is 10.4. The molecule has 3 aromatic carbocycles. The molecule has 3 N–H and O–H groups in total. The molecule has 0 radical (unpaired) electrons. The number of amides is 2. The molecule has 0 aliphatic rings. The predicted molar refractivity (Wildman–Crippen MR) is 133 cm³/mol. The van der Waals surface area contributed by atoms with Crippen molar-refractivity contribution in [2.75, 3.05) is 26.1 Å². The first-order chi connectivity index (χ1) is 16.4. The second-order valence-electron chi connectivity index (χ2n) is 7.49. The van der Waals surface area contributed by atoms with Gasteiger partial charge in [-0.3, -0.25) is 9.59 Å². The minimum Gasteiger partial charge on any atom is -0.507 e. The van der Waals surface area contributed by atoms with Gasteiger partial charge in [-0.1, -0.05) is 30.3 Å². The molecule has 0 unspecified atom stereocenters. The molecule has 34 heavy (non-hydrogen) atoms. The summed E-state index contributed by atoms with van der Waals surface area (Å²) in [6.07, 6.45) is 2.85. The van der Waals surface area contributed by atoms with Gasteiger partial charge in [-0.05, 0) is 54.1 Å². The van der Waals surface area contributed by atoms with Crippen LogP contribution in [0.2, 0.25) is 0 Å². The Hall–Kier alpha value is -4.59. The zero-order valence-corrected chi connectivity index (χ0v) is 19.1. The molecule has 0 spiro atoms. The van der Waals surface area contributed by atoms with E-state index in [9.17, 15) is 14.7 Å². The van der Waals surface area contributed by atoms with Gasteiger partial charge in [0.25, 0.3) is 11.8 Å². The number of hydrazone groups is 1. The van der Waals surface area contributed by atoms with Crippen LogP contribution in [0, 0.1) is 0 Å². The van der Waals surface area contributed by atoms with E-state index < -0.39 is 11.8 Å². The number of phenolic OH excluding ortho intramolecular Hbond substituents is 1. The Morgan fingerprint density at radius 3 is 2.35 bits per heavy atom. The molecule has 0 atom stereocenters. The van der Waals surface area contributed by atoms with Gasteiger partial charge in [0.1, 0.15) is 17.2 Å². The minimum absolute atomic E-state index is 0.0125. The molecule has 2 amide bonds. The average Bonchev–Trinajstić information content (AvgIpc) is 2.85. The number of aromatic hydroxyl groups is 1. The number of ether oxygens (including phenoxy) is 1. The number of phenols is 1. The summed E-state index contributed by atoms with van der Waals surface area (Å²) < 4.78 is 5.13. The van der Waals surface area contributed by atoms with Gasteiger partial charge in [0.2, 0.25) is 0 Å². The number of nitrogens with one attached hydrogen (secondary N) is 2. The summed E-state index contributed by atoms with van der Waals surface area (Å²) in [4.78, 5) is 27.5. The highest BCUT2D eigenvalue weighted by atomic mass is 16.5. The van der Waals surface area contributed by atoms with Crippen molar-refractivity contribution < 1.29 is 19.4 Å². The smallest absolute Gasteiger partial charge is 0.287 e. The van der Waals surface area contributed by atoms with Crippen molar-refractivity contribution in [2.45, 2.75) is 0 Å². The SMILES string of the molecule is COc1ccc(O)c(C=NNC(=O)C(=Cc2ccc(N(C)C)cc2)NC(=O)c2ccccc2)c1. The number of anilines is 1. The molecule has 3 rings (SSSR count). The average molecular weight is 459 g/mol. The van der Waals surface area contributed by atoms with E-state index in [0.717, 1.165) is 11.3 Å². The fourth-order valence-corrected chi connectivity index (χ4v) is 2.96. The summed E-state index contributed by atoms with van der Waals surface area (Å²) in [7, 11) is 5.37. The van der Waals surface area contributed by atoms with Gasteiger partial charge >= 0.3 is 0 Å². The highest BCUT2D eigenvalue weighted by Gasteiger charge is 2.14. The zero-order chi connectivity index (χ0) is 24.5. The van der Waals surface area contributed by atoms with E-state index in [4.69, 9.17) is 4.74 Å². The van der Waals surface area contributed by atoms with Crippen molar-refractivity contribution >= 4 is 29.8 Å². The van der Waals surface area contributed by atoms with Gasteiger partial charge in [0.15, 0.2) is 0 Å². The fourth-order valence-electron chi connectivity index (χ4n) is 2.96. The Kier molecular flexibility index (Phi) is 8.02. The Labute approximate surface area is 198 Å². The summed E-state index contributed by atoms with van der Waals surface area (Å²) >= 11 is 0. The maximum absolute atomic E-state index is 12.9. The molecule has 174 valence electrons. The van der Waals surface area contributed by atoms with Crippen LogP contribution in [-0.2, 0) is 4.79 Å². The van der Waals surface area contributed by atoms with E-state index in [1.807, 2.05) is 43.3 Å². The first-order valence-corrected chi connectivity index (χ1v) is 10.4. The molecule has 0 aliphatic carbocycles. The topological polar surface area (TPSA) is 103 Å². The number of carbonyl (C=O) groups excluding carboxylic acids is 2. The number of carbonyl (C=O) groups is 2. The molecule has 8 heteroatoms. The summed E-state index contributed by atoms with van der Waals surface area (Å²) in [6.45, 7) is 0. The quantitative estimate of drug-likeness (QED) is 0.273. The van der Waals surface area contributed by atoms with Crippen molar-refractivity contribution in [3.8, 4) is 11.5 Å².